The zero-order valence-corrected chi connectivity index (χ0v) is 12.0. The summed E-state index contributed by atoms with van der Waals surface area (Å²) in [5.74, 6) is 0.509. The number of carboxylic acid groups (broad SMARTS) is 1. The van der Waals surface area contributed by atoms with E-state index in [1.54, 1.807) is 20.8 Å². The van der Waals surface area contributed by atoms with Gasteiger partial charge in [-0.25, -0.2) is 19.1 Å². The van der Waals surface area contributed by atoms with Crippen LogP contribution >= 0.6 is 0 Å². The molecule has 20 heavy (non-hydrogen) atoms. The molecule has 1 amide bonds. The Morgan fingerprint density at radius 1 is 1.40 bits per heavy atom. The van der Waals surface area contributed by atoms with Crippen LogP contribution in [0.2, 0.25) is 0 Å². The first-order valence-corrected chi connectivity index (χ1v) is 6.52. The highest BCUT2D eigenvalue weighted by Crippen LogP contribution is 2.07. The first-order chi connectivity index (χ1) is 9.29. The largest absolute Gasteiger partial charge is 0.464 e. The Labute approximate surface area is 118 Å². The zero-order valence-electron chi connectivity index (χ0n) is 12.0. The molecule has 0 aliphatic heterocycles. The molecule has 0 aliphatic carbocycles. The number of hydrogen-bond donors (Lipinski definition) is 2. The van der Waals surface area contributed by atoms with Gasteiger partial charge in [0.1, 0.15) is 11.4 Å². The molecule has 112 valence electrons. The first kappa shape index (κ1) is 16.0. The average molecular weight is 283 g/mol. The Hall–Kier alpha value is -2.05. The molecule has 7 nitrogen and oxygen atoms in total. The second-order valence-electron chi connectivity index (χ2n) is 5.38. The van der Waals surface area contributed by atoms with E-state index in [4.69, 9.17) is 9.84 Å². The lowest BCUT2D eigenvalue weighted by Gasteiger charge is -2.19. The molecule has 0 atom stereocenters. The van der Waals surface area contributed by atoms with Crippen molar-refractivity contribution in [2.24, 2.45) is 0 Å². The normalized spacial score (nSPS) is 11.2. The number of nitrogens with one attached hydrogen (secondary N) is 1. The molecule has 0 spiro atoms. The molecular weight excluding hydrogens is 262 g/mol. The summed E-state index contributed by atoms with van der Waals surface area (Å²) in [4.78, 5) is 26.2. The van der Waals surface area contributed by atoms with Gasteiger partial charge in [-0.05, 0) is 33.6 Å². The van der Waals surface area contributed by atoms with Crippen LogP contribution in [0.25, 0.3) is 0 Å². The van der Waals surface area contributed by atoms with Crippen LogP contribution in [0.5, 0.6) is 0 Å². The van der Waals surface area contributed by atoms with Crippen molar-refractivity contribution in [1.29, 1.82) is 0 Å². The number of rotatable bonds is 5. The maximum absolute atomic E-state index is 11.4. The van der Waals surface area contributed by atoms with Crippen LogP contribution in [0.3, 0.4) is 0 Å². The third-order valence-electron chi connectivity index (χ3n) is 2.42. The number of nitrogens with zero attached hydrogens (tertiary/aromatic N) is 2. The number of imidazole rings is 1. The standard InChI is InChI=1S/C13H21N3O4/c1-13(2,3)20-11(17)15-7-5-4-6-10-14-8-9-16(10)12(18)19/h8-9H,4-7H2,1-3H3,(H,15,17)(H,18,19). The molecule has 1 rings (SSSR count). The van der Waals surface area contributed by atoms with E-state index in [0.29, 0.717) is 18.8 Å². The molecule has 0 aliphatic rings. The summed E-state index contributed by atoms with van der Waals surface area (Å²) >= 11 is 0. The lowest BCUT2D eigenvalue weighted by Crippen LogP contribution is -2.33. The van der Waals surface area contributed by atoms with Gasteiger partial charge in [0.25, 0.3) is 0 Å². The number of amides is 1. The molecule has 0 saturated carbocycles. The monoisotopic (exact) mass is 283 g/mol. The highest BCUT2D eigenvalue weighted by molar-refractivity contribution is 5.68. The molecule has 7 heteroatoms. The van der Waals surface area contributed by atoms with Crippen LogP contribution in [-0.2, 0) is 11.2 Å². The lowest BCUT2D eigenvalue weighted by molar-refractivity contribution is 0.0527. The number of unbranched alkanes of at least 4 members (excludes halogenated alkanes) is 1. The van der Waals surface area contributed by atoms with Gasteiger partial charge < -0.3 is 15.2 Å². The van der Waals surface area contributed by atoms with Gasteiger partial charge in [-0.2, -0.15) is 0 Å². The molecule has 0 fully saturated rings. The highest BCUT2D eigenvalue weighted by Gasteiger charge is 2.15. The van der Waals surface area contributed by atoms with E-state index in [1.807, 2.05) is 0 Å². The maximum Gasteiger partial charge on any atom is 0.416 e. The fourth-order valence-corrected chi connectivity index (χ4v) is 1.61. The van der Waals surface area contributed by atoms with E-state index < -0.39 is 17.8 Å². The summed E-state index contributed by atoms with van der Waals surface area (Å²) in [6.07, 6.45) is 3.41. The fraction of sp³-hybridized carbons (Fsp3) is 0.615. The van der Waals surface area contributed by atoms with Gasteiger partial charge in [-0.1, -0.05) is 0 Å². The van der Waals surface area contributed by atoms with Gasteiger partial charge in [0, 0.05) is 25.4 Å². The summed E-state index contributed by atoms with van der Waals surface area (Å²) in [7, 11) is 0. The van der Waals surface area contributed by atoms with Gasteiger partial charge >= 0.3 is 12.2 Å². The lowest BCUT2D eigenvalue weighted by atomic mass is 10.2. The Kier molecular flexibility index (Phi) is 5.54. The average Bonchev–Trinajstić information content (AvgIpc) is 2.74. The number of ether oxygens (including phenoxy) is 1. The van der Waals surface area contributed by atoms with Gasteiger partial charge in [-0.3, -0.25) is 0 Å². The number of hydrogen-bond acceptors (Lipinski definition) is 4. The Morgan fingerprint density at radius 3 is 2.70 bits per heavy atom. The maximum atomic E-state index is 11.4. The number of alkyl carbamates (subject to hydrolysis) is 1. The van der Waals surface area contributed by atoms with Crippen molar-refractivity contribution in [1.82, 2.24) is 14.9 Å². The van der Waals surface area contributed by atoms with E-state index in [1.165, 1.54) is 12.4 Å². The Balaban J connectivity index is 2.21. The van der Waals surface area contributed by atoms with Crippen molar-refractivity contribution in [3.8, 4) is 0 Å². The Morgan fingerprint density at radius 2 is 2.10 bits per heavy atom. The van der Waals surface area contributed by atoms with Crippen LogP contribution in [0.15, 0.2) is 12.4 Å². The molecule has 1 aromatic rings. The molecule has 0 bridgehead atoms. The van der Waals surface area contributed by atoms with Crippen molar-refractivity contribution in [3.05, 3.63) is 18.2 Å². The number of carbonyl (C=O) groups excluding carboxylic acids is 1. The van der Waals surface area contributed by atoms with Gasteiger partial charge in [-0.15, -0.1) is 0 Å². The molecule has 0 saturated heterocycles. The predicted octanol–water partition coefficient (Wildman–Crippen LogP) is 2.26. The minimum absolute atomic E-state index is 0.440. The molecule has 1 aromatic heterocycles. The van der Waals surface area contributed by atoms with Gasteiger partial charge in [0.2, 0.25) is 0 Å². The second kappa shape index (κ2) is 6.93. The highest BCUT2D eigenvalue weighted by atomic mass is 16.6. The smallest absolute Gasteiger partial charge is 0.416 e. The van der Waals surface area contributed by atoms with E-state index in [-0.39, 0.29) is 0 Å². The molecule has 2 N–H and O–H groups in total. The number of carbonyl (C=O) groups is 2. The minimum Gasteiger partial charge on any atom is -0.464 e. The van der Waals surface area contributed by atoms with Crippen LogP contribution in [0, 0.1) is 0 Å². The van der Waals surface area contributed by atoms with Crippen LogP contribution in [0.4, 0.5) is 9.59 Å². The second-order valence-corrected chi connectivity index (χ2v) is 5.38. The minimum atomic E-state index is -1.04. The number of aryl methyl sites for hydroxylation is 1. The van der Waals surface area contributed by atoms with Crippen molar-refractivity contribution in [2.75, 3.05) is 6.54 Å². The Bertz CT molecular complexity index is 462. The summed E-state index contributed by atoms with van der Waals surface area (Å²) < 4.78 is 6.20. The van der Waals surface area contributed by atoms with Crippen molar-refractivity contribution < 1.29 is 19.4 Å². The fourth-order valence-electron chi connectivity index (χ4n) is 1.61. The third kappa shape index (κ3) is 5.73. The molecule has 1 heterocycles. The first-order valence-electron chi connectivity index (χ1n) is 6.52. The van der Waals surface area contributed by atoms with Crippen molar-refractivity contribution in [3.63, 3.8) is 0 Å². The van der Waals surface area contributed by atoms with Crippen LogP contribution in [0.1, 0.15) is 39.4 Å². The zero-order chi connectivity index (χ0) is 15.2. The third-order valence-corrected chi connectivity index (χ3v) is 2.42. The van der Waals surface area contributed by atoms with E-state index in [0.717, 1.165) is 17.4 Å². The van der Waals surface area contributed by atoms with Crippen molar-refractivity contribution >= 4 is 12.2 Å². The van der Waals surface area contributed by atoms with Crippen LogP contribution < -0.4 is 5.32 Å². The van der Waals surface area contributed by atoms with Gasteiger partial charge in [0.05, 0.1) is 0 Å². The summed E-state index contributed by atoms with van der Waals surface area (Å²) in [5, 5.41) is 11.5. The quantitative estimate of drug-likeness (QED) is 0.808. The van der Waals surface area contributed by atoms with E-state index in [2.05, 4.69) is 10.3 Å². The van der Waals surface area contributed by atoms with Crippen LogP contribution in [-0.4, -0.2) is 39.0 Å². The summed E-state index contributed by atoms with van der Waals surface area (Å²) in [5.41, 5.74) is -0.504. The number of aromatic nitrogens is 2. The summed E-state index contributed by atoms with van der Waals surface area (Å²) in [6.45, 7) is 5.90. The van der Waals surface area contributed by atoms with Gasteiger partial charge in [0.15, 0.2) is 0 Å². The van der Waals surface area contributed by atoms with Crippen molar-refractivity contribution in [2.45, 2.75) is 45.6 Å². The molecule has 0 unspecified atom stereocenters. The molecule has 0 aromatic carbocycles. The molecular formula is C13H21N3O4. The van der Waals surface area contributed by atoms with E-state index >= 15 is 0 Å². The topological polar surface area (TPSA) is 93.5 Å². The molecule has 0 radical (unpaired) electrons. The SMILES string of the molecule is CC(C)(C)OC(=O)NCCCCc1nccn1C(=O)O. The summed E-state index contributed by atoms with van der Waals surface area (Å²) in [6, 6.07) is 0. The predicted molar refractivity (Wildman–Crippen MR) is 72.8 cm³/mol. The van der Waals surface area contributed by atoms with E-state index in [9.17, 15) is 9.59 Å².